The zero-order valence-electron chi connectivity index (χ0n) is 9.00. The highest BCUT2D eigenvalue weighted by atomic mass is 19.3. The Hall–Kier alpha value is -1.65. The Morgan fingerprint density at radius 3 is 2.82 bits per heavy atom. The number of rotatable bonds is 2. The Labute approximate surface area is 96.8 Å². The van der Waals surface area contributed by atoms with Crippen LogP contribution in [0.15, 0.2) is 18.2 Å². The maximum atomic E-state index is 13.0. The summed E-state index contributed by atoms with van der Waals surface area (Å²) in [5, 5.41) is 3.25. The van der Waals surface area contributed by atoms with Gasteiger partial charge in [-0.1, -0.05) is 0 Å². The van der Waals surface area contributed by atoms with Crippen LogP contribution in [0.3, 0.4) is 0 Å². The molecule has 1 saturated carbocycles. The second-order valence-corrected chi connectivity index (χ2v) is 4.46. The third kappa shape index (κ3) is 1.97. The smallest absolute Gasteiger partial charge is 0.426 e. The molecule has 0 spiro atoms. The van der Waals surface area contributed by atoms with Crippen LogP contribution >= 0.6 is 0 Å². The first-order chi connectivity index (χ1) is 8.04. The van der Waals surface area contributed by atoms with E-state index in [2.05, 4.69) is 10.1 Å². The van der Waals surface area contributed by atoms with Crippen molar-refractivity contribution < 1.29 is 18.3 Å². The fourth-order valence-corrected chi connectivity index (χ4v) is 1.84. The van der Waals surface area contributed by atoms with Gasteiger partial charge in [-0.05, 0) is 31.0 Å². The van der Waals surface area contributed by atoms with Gasteiger partial charge in [0, 0.05) is 23.7 Å². The summed E-state index contributed by atoms with van der Waals surface area (Å²) < 4.78 is 30.4. The number of carbonyl (C=O) groups excluding carboxylic acids is 1. The van der Waals surface area contributed by atoms with Gasteiger partial charge >= 0.3 is 6.11 Å². The van der Waals surface area contributed by atoms with Gasteiger partial charge in [0.05, 0.1) is 0 Å². The van der Waals surface area contributed by atoms with Crippen LogP contribution < -0.4 is 10.1 Å². The first-order valence-electron chi connectivity index (χ1n) is 5.54. The van der Waals surface area contributed by atoms with Gasteiger partial charge in [0.1, 0.15) is 5.75 Å². The van der Waals surface area contributed by atoms with E-state index < -0.39 is 11.9 Å². The SMILES string of the molecule is O=C1Cc2cc(NC3CC3)ccc2OC1(F)F. The minimum absolute atomic E-state index is 0.0935. The maximum Gasteiger partial charge on any atom is 0.461 e. The van der Waals surface area contributed by atoms with Crippen molar-refractivity contribution >= 4 is 11.5 Å². The fraction of sp³-hybridized carbons (Fsp3) is 0.417. The van der Waals surface area contributed by atoms with Crippen LogP contribution in [0.5, 0.6) is 5.75 Å². The van der Waals surface area contributed by atoms with Crippen molar-refractivity contribution in [3.05, 3.63) is 23.8 Å². The number of ether oxygens (including phenoxy) is 1. The number of Topliss-reactive ketones (excluding diaryl/α,β-unsaturated/α-hetero) is 1. The van der Waals surface area contributed by atoms with E-state index in [0.29, 0.717) is 11.6 Å². The molecule has 0 aromatic heterocycles. The molecule has 0 radical (unpaired) electrons. The monoisotopic (exact) mass is 239 g/mol. The zero-order valence-corrected chi connectivity index (χ0v) is 9.00. The molecular weight excluding hydrogens is 228 g/mol. The molecule has 1 aliphatic carbocycles. The van der Waals surface area contributed by atoms with Crippen LogP contribution in [-0.4, -0.2) is 17.9 Å². The third-order valence-electron chi connectivity index (χ3n) is 2.92. The Bertz CT molecular complexity index is 483. The standard InChI is InChI=1S/C12H11F2NO2/c13-12(14)11(16)6-7-5-9(15-8-1-2-8)3-4-10(7)17-12/h3-5,8,15H,1-2,6H2. The summed E-state index contributed by atoms with van der Waals surface area (Å²) in [6.07, 6.45) is -1.70. The number of hydrogen-bond donors (Lipinski definition) is 1. The van der Waals surface area contributed by atoms with Crippen molar-refractivity contribution in [2.24, 2.45) is 0 Å². The third-order valence-corrected chi connectivity index (χ3v) is 2.92. The molecule has 3 nitrogen and oxygen atoms in total. The van der Waals surface area contributed by atoms with Crippen LogP contribution in [0.25, 0.3) is 0 Å². The Kier molecular flexibility index (Phi) is 2.11. The minimum atomic E-state index is -3.68. The lowest BCUT2D eigenvalue weighted by Crippen LogP contribution is -2.40. The van der Waals surface area contributed by atoms with E-state index in [-0.39, 0.29) is 12.2 Å². The normalized spacial score (nSPS) is 21.6. The molecule has 1 fully saturated rings. The molecule has 5 heteroatoms. The molecule has 90 valence electrons. The molecule has 0 atom stereocenters. The molecule has 0 amide bonds. The molecule has 3 rings (SSSR count). The highest BCUT2D eigenvalue weighted by Gasteiger charge is 2.45. The quantitative estimate of drug-likeness (QED) is 0.861. The predicted molar refractivity (Wildman–Crippen MR) is 57.4 cm³/mol. The fourth-order valence-electron chi connectivity index (χ4n) is 1.84. The van der Waals surface area contributed by atoms with Crippen molar-refractivity contribution in [3.8, 4) is 5.75 Å². The molecule has 0 unspecified atom stereocenters. The maximum absolute atomic E-state index is 13.0. The van der Waals surface area contributed by atoms with Gasteiger partial charge in [-0.15, -0.1) is 0 Å². The van der Waals surface area contributed by atoms with Crippen molar-refractivity contribution in [3.63, 3.8) is 0 Å². The van der Waals surface area contributed by atoms with Crippen LogP contribution in [0.1, 0.15) is 18.4 Å². The lowest BCUT2D eigenvalue weighted by Gasteiger charge is -2.24. The van der Waals surface area contributed by atoms with E-state index >= 15 is 0 Å². The summed E-state index contributed by atoms with van der Waals surface area (Å²) in [5.41, 5.74) is 1.37. The van der Waals surface area contributed by atoms with Crippen LogP contribution in [-0.2, 0) is 11.2 Å². The summed E-state index contributed by atoms with van der Waals surface area (Å²) >= 11 is 0. The van der Waals surface area contributed by atoms with Crippen molar-refractivity contribution in [1.82, 2.24) is 0 Å². The van der Waals surface area contributed by atoms with Crippen LogP contribution in [0, 0.1) is 0 Å². The van der Waals surface area contributed by atoms with E-state index in [9.17, 15) is 13.6 Å². The first kappa shape index (κ1) is 10.5. The molecule has 2 aliphatic rings. The molecule has 1 aromatic carbocycles. The predicted octanol–water partition coefficient (Wildman–Crippen LogP) is 2.36. The molecule has 1 aromatic rings. The number of anilines is 1. The molecule has 1 N–H and O–H groups in total. The molecule has 1 aliphatic heterocycles. The van der Waals surface area contributed by atoms with Gasteiger partial charge < -0.3 is 10.1 Å². The highest BCUT2D eigenvalue weighted by Crippen LogP contribution is 2.35. The molecule has 0 saturated heterocycles. The van der Waals surface area contributed by atoms with Gasteiger partial charge in [0.2, 0.25) is 5.78 Å². The second kappa shape index (κ2) is 3.42. The number of carbonyl (C=O) groups is 1. The van der Waals surface area contributed by atoms with Crippen molar-refractivity contribution in [1.29, 1.82) is 0 Å². The van der Waals surface area contributed by atoms with Crippen molar-refractivity contribution in [2.45, 2.75) is 31.4 Å². The summed E-state index contributed by atoms with van der Waals surface area (Å²) in [5.74, 6) is -1.09. The van der Waals surface area contributed by atoms with Crippen LogP contribution in [0.4, 0.5) is 14.5 Å². The summed E-state index contributed by atoms with van der Waals surface area (Å²) in [6.45, 7) is 0. The number of nitrogens with one attached hydrogen (secondary N) is 1. The number of fused-ring (bicyclic) bond motifs is 1. The summed E-state index contributed by atoms with van der Waals surface area (Å²) in [4.78, 5) is 11.1. The number of hydrogen-bond acceptors (Lipinski definition) is 3. The van der Waals surface area contributed by atoms with E-state index in [1.165, 1.54) is 6.07 Å². The van der Waals surface area contributed by atoms with Gasteiger partial charge in [0.15, 0.2) is 0 Å². The summed E-state index contributed by atoms with van der Waals surface area (Å²) in [6, 6.07) is 5.37. The van der Waals surface area contributed by atoms with E-state index in [1.54, 1.807) is 12.1 Å². The topological polar surface area (TPSA) is 38.3 Å². The Morgan fingerprint density at radius 2 is 2.12 bits per heavy atom. The van der Waals surface area contributed by atoms with Gasteiger partial charge in [-0.25, -0.2) is 0 Å². The largest absolute Gasteiger partial charge is 0.461 e. The molecule has 17 heavy (non-hydrogen) atoms. The number of halogens is 2. The van der Waals surface area contributed by atoms with Crippen molar-refractivity contribution in [2.75, 3.05) is 5.32 Å². The van der Waals surface area contributed by atoms with E-state index in [1.807, 2.05) is 0 Å². The zero-order chi connectivity index (χ0) is 12.0. The average Bonchev–Trinajstić information content (AvgIpc) is 3.04. The number of alkyl halides is 2. The average molecular weight is 239 g/mol. The van der Waals surface area contributed by atoms with Gasteiger partial charge in [-0.2, -0.15) is 8.78 Å². The minimum Gasteiger partial charge on any atom is -0.426 e. The highest BCUT2D eigenvalue weighted by molar-refractivity contribution is 5.89. The molecule has 1 heterocycles. The Balaban J connectivity index is 1.88. The molecular formula is C12H11F2NO2. The lowest BCUT2D eigenvalue weighted by atomic mass is 10.0. The van der Waals surface area contributed by atoms with Gasteiger partial charge in [0.25, 0.3) is 0 Å². The summed E-state index contributed by atoms with van der Waals surface area (Å²) in [7, 11) is 0. The number of ketones is 1. The molecule has 0 bridgehead atoms. The second-order valence-electron chi connectivity index (χ2n) is 4.46. The first-order valence-corrected chi connectivity index (χ1v) is 5.54. The van der Waals surface area contributed by atoms with E-state index in [0.717, 1.165) is 18.5 Å². The number of benzene rings is 1. The lowest BCUT2D eigenvalue weighted by molar-refractivity contribution is -0.193. The van der Waals surface area contributed by atoms with Crippen LogP contribution in [0.2, 0.25) is 0 Å². The van der Waals surface area contributed by atoms with Gasteiger partial charge in [-0.3, -0.25) is 4.79 Å². The van der Waals surface area contributed by atoms with E-state index in [4.69, 9.17) is 0 Å². The Morgan fingerprint density at radius 1 is 1.35 bits per heavy atom.